The van der Waals surface area contributed by atoms with Gasteiger partial charge in [0.05, 0.1) is 25.3 Å². The minimum atomic E-state index is -0.524. The highest BCUT2D eigenvalue weighted by Gasteiger charge is 2.22. The van der Waals surface area contributed by atoms with Crippen LogP contribution >= 0.6 is 0 Å². The van der Waals surface area contributed by atoms with Crippen molar-refractivity contribution in [2.24, 2.45) is 5.73 Å². The van der Waals surface area contributed by atoms with Gasteiger partial charge < -0.3 is 10.5 Å². The van der Waals surface area contributed by atoms with Crippen LogP contribution in [-0.4, -0.2) is 20.7 Å². The van der Waals surface area contributed by atoms with Gasteiger partial charge in [0.15, 0.2) is 11.6 Å². The van der Waals surface area contributed by atoms with Gasteiger partial charge in [0.1, 0.15) is 5.82 Å². The molecule has 7 heteroatoms. The molecule has 0 fully saturated rings. The second-order valence-electron chi connectivity index (χ2n) is 5.82. The number of hydrogen-bond acceptors (Lipinski definition) is 4. The quantitative estimate of drug-likeness (QED) is 0.790. The van der Waals surface area contributed by atoms with Gasteiger partial charge >= 0.3 is 0 Å². The maximum Gasteiger partial charge on any atom is 0.225 e. The van der Waals surface area contributed by atoms with Crippen molar-refractivity contribution in [3.8, 4) is 17.1 Å². The van der Waals surface area contributed by atoms with Crippen LogP contribution < -0.4 is 5.73 Å². The average molecular weight is 338 g/mol. The molecule has 0 saturated heterocycles. The fourth-order valence-corrected chi connectivity index (χ4v) is 2.96. The van der Waals surface area contributed by atoms with Crippen LogP contribution in [0.1, 0.15) is 17.0 Å². The lowest BCUT2D eigenvalue weighted by Gasteiger charge is -2.09. The number of carbonyl (C=O) groups is 1. The van der Waals surface area contributed by atoms with Gasteiger partial charge in [-0.3, -0.25) is 4.79 Å². The van der Waals surface area contributed by atoms with E-state index in [0.29, 0.717) is 30.5 Å². The second kappa shape index (κ2) is 6.10. The van der Waals surface area contributed by atoms with E-state index in [1.165, 1.54) is 16.8 Å². The van der Waals surface area contributed by atoms with E-state index in [1.807, 2.05) is 18.2 Å². The van der Waals surface area contributed by atoms with Gasteiger partial charge in [0.25, 0.3) is 0 Å². The van der Waals surface area contributed by atoms with Crippen LogP contribution in [0, 0.1) is 5.82 Å². The van der Waals surface area contributed by atoms with E-state index < -0.39 is 5.91 Å². The molecular formula is C18H15FN4O2. The number of nitrogens with zero attached hydrogens (tertiary/aromatic N) is 3. The fourth-order valence-electron chi connectivity index (χ4n) is 2.96. The van der Waals surface area contributed by atoms with Crippen LogP contribution in [-0.2, 0) is 29.2 Å². The molecule has 0 aliphatic carbocycles. The summed E-state index contributed by atoms with van der Waals surface area (Å²) in [6, 6.07) is 11.9. The highest BCUT2D eigenvalue weighted by Crippen LogP contribution is 2.31. The molecule has 0 bridgehead atoms. The minimum absolute atomic E-state index is 0.0825. The molecular weight excluding hydrogens is 323 g/mol. The van der Waals surface area contributed by atoms with E-state index in [2.05, 4.69) is 10.1 Å². The van der Waals surface area contributed by atoms with Gasteiger partial charge in [-0.25, -0.2) is 14.1 Å². The van der Waals surface area contributed by atoms with Crippen molar-refractivity contribution in [1.82, 2.24) is 14.8 Å². The van der Waals surface area contributed by atoms with Crippen LogP contribution in [0.3, 0.4) is 0 Å². The van der Waals surface area contributed by atoms with Crippen molar-refractivity contribution in [2.75, 3.05) is 0 Å². The van der Waals surface area contributed by atoms with Gasteiger partial charge in [-0.2, -0.15) is 5.10 Å². The Morgan fingerprint density at radius 3 is 2.88 bits per heavy atom. The van der Waals surface area contributed by atoms with E-state index in [4.69, 9.17) is 10.5 Å². The SMILES string of the molecule is NC(=O)Cc1nc(-c2cccc3c2COC3)n(-c2cccc(F)c2)n1. The van der Waals surface area contributed by atoms with Crippen LogP contribution in [0.2, 0.25) is 0 Å². The normalized spacial score (nSPS) is 13.0. The molecule has 126 valence electrons. The van der Waals surface area contributed by atoms with Gasteiger partial charge in [0.2, 0.25) is 5.91 Å². The van der Waals surface area contributed by atoms with Crippen molar-refractivity contribution >= 4 is 5.91 Å². The van der Waals surface area contributed by atoms with Crippen LogP contribution in [0.4, 0.5) is 4.39 Å². The first kappa shape index (κ1) is 15.5. The highest BCUT2D eigenvalue weighted by molar-refractivity contribution is 5.76. The summed E-state index contributed by atoms with van der Waals surface area (Å²) in [4.78, 5) is 15.7. The van der Waals surface area contributed by atoms with Gasteiger partial charge in [-0.15, -0.1) is 0 Å². The summed E-state index contributed by atoms with van der Waals surface area (Å²) in [6.07, 6.45) is -0.0825. The number of amides is 1. The Balaban J connectivity index is 1.90. The van der Waals surface area contributed by atoms with Crippen molar-refractivity contribution in [2.45, 2.75) is 19.6 Å². The van der Waals surface area contributed by atoms with E-state index in [1.54, 1.807) is 12.1 Å². The van der Waals surface area contributed by atoms with E-state index in [-0.39, 0.29) is 12.2 Å². The minimum Gasteiger partial charge on any atom is -0.372 e. The molecule has 0 atom stereocenters. The van der Waals surface area contributed by atoms with Gasteiger partial charge in [-0.05, 0) is 29.3 Å². The second-order valence-corrected chi connectivity index (χ2v) is 5.82. The number of halogens is 1. The molecule has 2 aromatic carbocycles. The van der Waals surface area contributed by atoms with Crippen molar-refractivity contribution in [1.29, 1.82) is 0 Å². The summed E-state index contributed by atoms with van der Waals surface area (Å²) in [7, 11) is 0. The Hall–Kier alpha value is -3.06. The molecule has 0 spiro atoms. The van der Waals surface area contributed by atoms with E-state index in [0.717, 1.165) is 16.7 Å². The Labute approximate surface area is 143 Å². The predicted molar refractivity (Wildman–Crippen MR) is 88.1 cm³/mol. The number of nitrogens with two attached hydrogens (primary N) is 1. The molecule has 0 radical (unpaired) electrons. The number of benzene rings is 2. The predicted octanol–water partition coefficient (Wildman–Crippen LogP) is 2.13. The van der Waals surface area contributed by atoms with Crippen molar-refractivity contribution < 1.29 is 13.9 Å². The number of aromatic nitrogens is 3. The molecule has 25 heavy (non-hydrogen) atoms. The number of rotatable bonds is 4. The molecule has 3 aromatic rings. The summed E-state index contributed by atoms with van der Waals surface area (Å²) in [5, 5.41) is 4.36. The Bertz CT molecular complexity index is 967. The van der Waals surface area contributed by atoms with E-state index in [9.17, 15) is 9.18 Å². The lowest BCUT2D eigenvalue weighted by atomic mass is 10.0. The third-order valence-electron chi connectivity index (χ3n) is 4.05. The van der Waals surface area contributed by atoms with Crippen LogP contribution in [0.25, 0.3) is 17.1 Å². The maximum absolute atomic E-state index is 13.7. The monoisotopic (exact) mass is 338 g/mol. The number of carbonyl (C=O) groups excluding carboxylic acids is 1. The lowest BCUT2D eigenvalue weighted by Crippen LogP contribution is -2.14. The third kappa shape index (κ3) is 2.89. The number of hydrogen-bond donors (Lipinski definition) is 1. The molecule has 4 rings (SSSR count). The molecule has 1 aliphatic heterocycles. The molecule has 2 N–H and O–H groups in total. The fraction of sp³-hybridized carbons (Fsp3) is 0.167. The number of fused-ring (bicyclic) bond motifs is 1. The van der Waals surface area contributed by atoms with Crippen LogP contribution in [0.15, 0.2) is 42.5 Å². The highest BCUT2D eigenvalue weighted by atomic mass is 19.1. The summed E-state index contributed by atoms with van der Waals surface area (Å²) < 4.78 is 20.7. The van der Waals surface area contributed by atoms with E-state index >= 15 is 0 Å². The summed E-state index contributed by atoms with van der Waals surface area (Å²) in [5.41, 5.74) is 8.75. The number of ether oxygens (including phenoxy) is 1. The smallest absolute Gasteiger partial charge is 0.225 e. The first-order chi connectivity index (χ1) is 12.1. The molecule has 0 unspecified atom stereocenters. The zero-order chi connectivity index (χ0) is 17.4. The Morgan fingerprint density at radius 1 is 1.24 bits per heavy atom. The van der Waals surface area contributed by atoms with Gasteiger partial charge in [0, 0.05) is 5.56 Å². The molecule has 6 nitrogen and oxygen atoms in total. The molecule has 1 aliphatic rings. The standard InChI is InChI=1S/C18H15FN4O2/c19-12-4-2-5-13(7-12)23-18(21-17(22-23)8-16(20)24)14-6-1-3-11-9-25-10-15(11)14/h1-7H,8-10H2,(H2,20,24). The maximum atomic E-state index is 13.7. The molecule has 0 saturated carbocycles. The first-order valence-electron chi connectivity index (χ1n) is 7.81. The molecule has 1 amide bonds. The summed E-state index contributed by atoms with van der Waals surface area (Å²) >= 11 is 0. The lowest BCUT2D eigenvalue weighted by molar-refractivity contribution is -0.117. The van der Waals surface area contributed by atoms with Crippen molar-refractivity contribution in [3.63, 3.8) is 0 Å². The zero-order valence-electron chi connectivity index (χ0n) is 13.3. The topological polar surface area (TPSA) is 83.0 Å². The summed E-state index contributed by atoms with van der Waals surface area (Å²) in [6.45, 7) is 1.03. The molecule has 1 aromatic heterocycles. The Kier molecular flexibility index (Phi) is 3.77. The zero-order valence-corrected chi connectivity index (χ0v) is 13.3. The Morgan fingerprint density at radius 2 is 2.08 bits per heavy atom. The van der Waals surface area contributed by atoms with Crippen molar-refractivity contribution in [3.05, 3.63) is 65.2 Å². The molecule has 2 heterocycles. The van der Waals surface area contributed by atoms with Crippen LogP contribution in [0.5, 0.6) is 0 Å². The average Bonchev–Trinajstić information content (AvgIpc) is 3.20. The summed E-state index contributed by atoms with van der Waals surface area (Å²) in [5.74, 6) is -0.0749. The first-order valence-corrected chi connectivity index (χ1v) is 7.81. The third-order valence-corrected chi connectivity index (χ3v) is 4.05. The largest absolute Gasteiger partial charge is 0.372 e. The van der Waals surface area contributed by atoms with Gasteiger partial charge in [-0.1, -0.05) is 24.3 Å². The number of primary amides is 1.